The summed E-state index contributed by atoms with van der Waals surface area (Å²) in [6.45, 7) is 5.80. The van der Waals surface area contributed by atoms with Gasteiger partial charge < -0.3 is 5.11 Å². The van der Waals surface area contributed by atoms with Gasteiger partial charge in [-0.25, -0.2) is 4.79 Å². The minimum absolute atomic E-state index is 0.349. The molecule has 0 saturated heterocycles. The lowest BCUT2D eigenvalue weighted by Gasteiger charge is -2.02. The molecule has 22 heavy (non-hydrogen) atoms. The van der Waals surface area contributed by atoms with Gasteiger partial charge in [0.25, 0.3) is 0 Å². The molecule has 2 nitrogen and oxygen atoms in total. The van der Waals surface area contributed by atoms with Crippen LogP contribution in [-0.2, 0) is 4.79 Å². The lowest BCUT2D eigenvalue weighted by atomic mass is 10.0. The summed E-state index contributed by atoms with van der Waals surface area (Å²) in [6.07, 6.45) is 21.8. The number of hydrogen-bond donors (Lipinski definition) is 1. The predicted octanol–water partition coefficient (Wildman–Crippen LogP) is 6.66. The number of rotatable bonds is 16. The van der Waals surface area contributed by atoms with Crippen molar-refractivity contribution in [1.82, 2.24) is 0 Å². The number of carboxylic acids is 1. The maximum absolute atomic E-state index is 10.6. The largest absolute Gasteiger partial charge is 0.478 e. The van der Waals surface area contributed by atoms with Crippen molar-refractivity contribution in [2.24, 2.45) is 0 Å². The minimum atomic E-state index is -0.849. The molecule has 0 bridgehead atoms. The molecule has 2 heteroatoms. The molecule has 0 saturated carbocycles. The standard InChI is InChI=1S/C20H36O2/c1-3-4-5-6-7-8-9-10-11-12-13-14-15-16-17-18-19(2)20(21)22/h8-9H,2-7,10-18H2,1H3,(H,21,22)/b9-8-. The lowest BCUT2D eigenvalue weighted by molar-refractivity contribution is -0.132. The highest BCUT2D eigenvalue weighted by molar-refractivity contribution is 5.85. The molecule has 0 atom stereocenters. The Morgan fingerprint density at radius 1 is 0.818 bits per heavy atom. The summed E-state index contributed by atoms with van der Waals surface area (Å²) in [4.78, 5) is 10.6. The summed E-state index contributed by atoms with van der Waals surface area (Å²) in [6, 6.07) is 0. The van der Waals surface area contributed by atoms with Crippen molar-refractivity contribution in [3.8, 4) is 0 Å². The summed E-state index contributed by atoms with van der Waals surface area (Å²) in [7, 11) is 0. The Kier molecular flexibility index (Phi) is 15.5. The molecule has 128 valence electrons. The van der Waals surface area contributed by atoms with Crippen LogP contribution >= 0.6 is 0 Å². The third kappa shape index (κ3) is 15.3. The van der Waals surface area contributed by atoms with E-state index < -0.39 is 5.97 Å². The molecule has 0 spiro atoms. The van der Waals surface area contributed by atoms with Crippen LogP contribution in [0.5, 0.6) is 0 Å². The Morgan fingerprint density at radius 3 is 1.77 bits per heavy atom. The van der Waals surface area contributed by atoms with Crippen LogP contribution in [0.4, 0.5) is 0 Å². The Morgan fingerprint density at radius 2 is 1.27 bits per heavy atom. The van der Waals surface area contributed by atoms with Crippen molar-refractivity contribution in [1.29, 1.82) is 0 Å². The van der Waals surface area contributed by atoms with Crippen LogP contribution in [0.2, 0.25) is 0 Å². The smallest absolute Gasteiger partial charge is 0.330 e. The van der Waals surface area contributed by atoms with Crippen molar-refractivity contribution >= 4 is 5.97 Å². The molecule has 0 aromatic heterocycles. The van der Waals surface area contributed by atoms with Crippen LogP contribution in [0.3, 0.4) is 0 Å². The molecule has 0 rings (SSSR count). The minimum Gasteiger partial charge on any atom is -0.478 e. The van der Waals surface area contributed by atoms with Crippen molar-refractivity contribution in [3.05, 3.63) is 24.3 Å². The van der Waals surface area contributed by atoms with E-state index in [9.17, 15) is 4.79 Å². The van der Waals surface area contributed by atoms with Gasteiger partial charge in [-0.3, -0.25) is 0 Å². The quantitative estimate of drug-likeness (QED) is 0.196. The normalized spacial score (nSPS) is 11.1. The fourth-order valence-electron chi connectivity index (χ4n) is 2.52. The molecule has 0 aromatic carbocycles. The zero-order chi connectivity index (χ0) is 16.5. The molecular weight excluding hydrogens is 272 g/mol. The van der Waals surface area contributed by atoms with Gasteiger partial charge >= 0.3 is 5.97 Å². The molecule has 0 aliphatic carbocycles. The average Bonchev–Trinajstić information content (AvgIpc) is 2.50. The first-order valence-corrected chi connectivity index (χ1v) is 9.24. The van der Waals surface area contributed by atoms with Crippen molar-refractivity contribution in [2.45, 2.75) is 96.8 Å². The number of aliphatic carboxylic acids is 1. The highest BCUT2D eigenvalue weighted by atomic mass is 16.4. The van der Waals surface area contributed by atoms with E-state index >= 15 is 0 Å². The van der Waals surface area contributed by atoms with Crippen molar-refractivity contribution in [3.63, 3.8) is 0 Å². The third-order valence-electron chi connectivity index (χ3n) is 4.04. The molecule has 0 amide bonds. The second-order valence-corrected chi connectivity index (χ2v) is 6.24. The molecule has 0 fully saturated rings. The van der Waals surface area contributed by atoms with Gasteiger partial charge in [-0.05, 0) is 38.5 Å². The topological polar surface area (TPSA) is 37.3 Å². The maximum Gasteiger partial charge on any atom is 0.330 e. The van der Waals surface area contributed by atoms with Crippen molar-refractivity contribution in [2.75, 3.05) is 0 Å². The van der Waals surface area contributed by atoms with E-state index in [1.807, 2.05) is 0 Å². The van der Waals surface area contributed by atoms with Crippen molar-refractivity contribution < 1.29 is 9.90 Å². The number of unbranched alkanes of at least 4 members (excludes halogenated alkanes) is 11. The van der Waals surface area contributed by atoms with Gasteiger partial charge in [-0.15, -0.1) is 0 Å². The molecular formula is C20H36O2. The fraction of sp³-hybridized carbons (Fsp3) is 0.750. The van der Waals surface area contributed by atoms with E-state index in [0.717, 1.165) is 12.8 Å². The number of carbonyl (C=O) groups is 1. The van der Waals surface area contributed by atoms with Crippen LogP contribution in [0.25, 0.3) is 0 Å². The Labute approximate surface area is 137 Å². The third-order valence-corrected chi connectivity index (χ3v) is 4.04. The van der Waals surface area contributed by atoms with Crippen LogP contribution < -0.4 is 0 Å². The summed E-state index contributed by atoms with van der Waals surface area (Å²) in [5.41, 5.74) is 0.349. The first kappa shape index (κ1) is 20.9. The summed E-state index contributed by atoms with van der Waals surface area (Å²) in [5.74, 6) is -0.849. The number of allylic oxidation sites excluding steroid dienone is 2. The molecule has 0 aliphatic heterocycles. The second-order valence-electron chi connectivity index (χ2n) is 6.24. The van der Waals surface area contributed by atoms with Crippen LogP contribution in [0.1, 0.15) is 96.8 Å². The van der Waals surface area contributed by atoms with Gasteiger partial charge in [0.1, 0.15) is 0 Å². The molecule has 0 unspecified atom stereocenters. The van der Waals surface area contributed by atoms with Gasteiger partial charge in [-0.1, -0.05) is 77.0 Å². The van der Waals surface area contributed by atoms with Gasteiger partial charge in [0.05, 0.1) is 0 Å². The maximum atomic E-state index is 10.6. The monoisotopic (exact) mass is 308 g/mol. The van der Waals surface area contributed by atoms with Gasteiger partial charge in [0, 0.05) is 5.57 Å². The van der Waals surface area contributed by atoms with Crippen LogP contribution in [-0.4, -0.2) is 11.1 Å². The molecule has 1 N–H and O–H groups in total. The van der Waals surface area contributed by atoms with E-state index in [1.54, 1.807) is 0 Å². The van der Waals surface area contributed by atoms with E-state index in [1.165, 1.54) is 70.6 Å². The fourth-order valence-corrected chi connectivity index (χ4v) is 2.52. The van der Waals surface area contributed by atoms with Gasteiger partial charge in [0.15, 0.2) is 0 Å². The SMILES string of the molecule is C=C(CCCCCCCCC/C=C\CCCCCC)C(=O)O. The summed E-state index contributed by atoms with van der Waals surface area (Å²) >= 11 is 0. The molecule has 0 heterocycles. The Balaban J connectivity index is 3.15. The lowest BCUT2D eigenvalue weighted by Crippen LogP contribution is -1.98. The Hall–Kier alpha value is -1.05. The van der Waals surface area contributed by atoms with Crippen LogP contribution in [0, 0.1) is 0 Å². The first-order valence-electron chi connectivity index (χ1n) is 9.24. The van der Waals surface area contributed by atoms with E-state index in [4.69, 9.17) is 5.11 Å². The zero-order valence-corrected chi connectivity index (χ0v) is 14.6. The summed E-state index contributed by atoms with van der Waals surface area (Å²) in [5, 5.41) is 8.69. The second kappa shape index (κ2) is 16.3. The molecule has 0 radical (unpaired) electrons. The zero-order valence-electron chi connectivity index (χ0n) is 14.6. The number of carboxylic acid groups (broad SMARTS) is 1. The highest BCUT2D eigenvalue weighted by Crippen LogP contribution is 2.12. The summed E-state index contributed by atoms with van der Waals surface area (Å²) < 4.78 is 0. The first-order chi connectivity index (χ1) is 10.7. The van der Waals surface area contributed by atoms with Crippen LogP contribution in [0.15, 0.2) is 24.3 Å². The van der Waals surface area contributed by atoms with Gasteiger partial charge in [-0.2, -0.15) is 0 Å². The predicted molar refractivity (Wildman–Crippen MR) is 96.2 cm³/mol. The number of hydrogen-bond acceptors (Lipinski definition) is 1. The average molecular weight is 309 g/mol. The highest BCUT2D eigenvalue weighted by Gasteiger charge is 2.02. The Bertz CT molecular complexity index is 305. The van der Waals surface area contributed by atoms with E-state index in [2.05, 4.69) is 25.7 Å². The molecule has 0 aromatic rings. The molecule has 0 aliphatic rings. The van der Waals surface area contributed by atoms with E-state index in [0.29, 0.717) is 12.0 Å². The van der Waals surface area contributed by atoms with E-state index in [-0.39, 0.29) is 0 Å². The van der Waals surface area contributed by atoms with Gasteiger partial charge in [0.2, 0.25) is 0 Å².